The topological polar surface area (TPSA) is 29.5 Å². The largest absolute Gasteiger partial charge is 0.488 e. The van der Waals surface area contributed by atoms with E-state index in [1.807, 2.05) is 54.6 Å². The van der Waals surface area contributed by atoms with E-state index in [1.54, 1.807) is 17.0 Å². The average molecular weight is 547 g/mol. The summed E-state index contributed by atoms with van der Waals surface area (Å²) in [6, 6.07) is 21.3. The zero-order valence-corrected chi connectivity index (χ0v) is 19.3. The predicted octanol–water partition coefficient (Wildman–Crippen LogP) is 6.42. The summed E-state index contributed by atoms with van der Waals surface area (Å²) >= 11 is 8.91. The van der Waals surface area contributed by atoms with E-state index < -0.39 is 0 Å². The number of thioether (sulfide) groups is 1. The van der Waals surface area contributed by atoms with Gasteiger partial charge in [0.15, 0.2) is 4.32 Å². The number of benzene rings is 3. The first-order chi connectivity index (χ1) is 14.5. The standard InChI is InChI=1S/C23H15FINO2S2/c24-17-9-6-15(7-10-17)14-28-20-11-8-16(12-19(20)25)13-21-22(27)26(23(29)30-21)18-4-2-1-3-5-18/h1-13H,14H2/b21-13+. The van der Waals surface area contributed by atoms with Gasteiger partial charge in [-0.15, -0.1) is 0 Å². The van der Waals surface area contributed by atoms with Crippen LogP contribution in [0.1, 0.15) is 11.1 Å². The molecule has 150 valence electrons. The van der Waals surface area contributed by atoms with Crippen molar-refractivity contribution >= 4 is 68.6 Å². The van der Waals surface area contributed by atoms with Crippen molar-refractivity contribution < 1.29 is 13.9 Å². The third-order valence-electron chi connectivity index (χ3n) is 4.37. The van der Waals surface area contributed by atoms with Crippen LogP contribution in [0.3, 0.4) is 0 Å². The molecule has 1 aliphatic heterocycles. The van der Waals surface area contributed by atoms with Crippen LogP contribution in [0.5, 0.6) is 5.75 Å². The molecular weight excluding hydrogens is 532 g/mol. The Hall–Kier alpha value is -2.23. The van der Waals surface area contributed by atoms with Crippen molar-refractivity contribution in [2.45, 2.75) is 6.61 Å². The molecule has 0 spiro atoms. The summed E-state index contributed by atoms with van der Waals surface area (Å²) in [5.74, 6) is 0.340. The Morgan fingerprint density at radius 2 is 1.80 bits per heavy atom. The monoisotopic (exact) mass is 547 g/mol. The van der Waals surface area contributed by atoms with Gasteiger partial charge in [0.25, 0.3) is 5.91 Å². The summed E-state index contributed by atoms with van der Waals surface area (Å²) in [6.07, 6.45) is 1.84. The SMILES string of the molecule is O=C1/C(=C\c2ccc(OCc3ccc(F)cc3)c(I)c2)SC(=S)N1c1ccccc1. The number of anilines is 1. The maximum Gasteiger partial charge on any atom is 0.270 e. The molecule has 0 N–H and O–H groups in total. The summed E-state index contributed by atoms with van der Waals surface area (Å²) in [5, 5.41) is 0. The second-order valence-electron chi connectivity index (χ2n) is 6.46. The van der Waals surface area contributed by atoms with Gasteiger partial charge in [-0.1, -0.05) is 60.4 Å². The molecule has 0 aliphatic carbocycles. The molecular formula is C23H15FINO2S2. The van der Waals surface area contributed by atoms with Gasteiger partial charge < -0.3 is 4.74 Å². The van der Waals surface area contributed by atoms with E-state index in [1.165, 1.54) is 23.9 Å². The number of nitrogens with zero attached hydrogens (tertiary/aromatic N) is 1. The molecule has 30 heavy (non-hydrogen) atoms. The van der Waals surface area contributed by atoms with Crippen molar-refractivity contribution in [1.29, 1.82) is 0 Å². The third kappa shape index (κ3) is 4.74. The molecule has 3 aromatic carbocycles. The number of carbonyl (C=O) groups excluding carboxylic acids is 1. The lowest BCUT2D eigenvalue weighted by Gasteiger charge is -2.13. The Kier molecular flexibility index (Phi) is 6.50. The number of hydrogen-bond donors (Lipinski definition) is 0. The minimum atomic E-state index is -0.268. The van der Waals surface area contributed by atoms with Crippen LogP contribution in [0.25, 0.3) is 6.08 Å². The lowest BCUT2D eigenvalue weighted by Crippen LogP contribution is -2.27. The first-order valence-corrected chi connectivity index (χ1v) is 11.3. The fraction of sp³-hybridized carbons (Fsp3) is 0.0435. The molecule has 1 saturated heterocycles. The van der Waals surface area contributed by atoms with Gasteiger partial charge in [-0.05, 0) is 76.2 Å². The lowest BCUT2D eigenvalue weighted by molar-refractivity contribution is -0.113. The quantitative estimate of drug-likeness (QED) is 0.210. The second-order valence-corrected chi connectivity index (χ2v) is 9.30. The van der Waals surface area contributed by atoms with Gasteiger partial charge in [0.2, 0.25) is 0 Å². The summed E-state index contributed by atoms with van der Waals surface area (Å²) in [6.45, 7) is 0.353. The van der Waals surface area contributed by atoms with E-state index in [9.17, 15) is 9.18 Å². The molecule has 0 atom stereocenters. The van der Waals surface area contributed by atoms with Crippen LogP contribution in [-0.2, 0) is 11.4 Å². The number of para-hydroxylation sites is 1. The highest BCUT2D eigenvalue weighted by Crippen LogP contribution is 2.36. The van der Waals surface area contributed by atoms with Crippen molar-refractivity contribution in [2.75, 3.05) is 4.90 Å². The Labute approximate surface area is 197 Å². The smallest absolute Gasteiger partial charge is 0.270 e. The Morgan fingerprint density at radius 1 is 1.07 bits per heavy atom. The van der Waals surface area contributed by atoms with Crippen molar-refractivity contribution in [3.8, 4) is 5.75 Å². The highest BCUT2D eigenvalue weighted by molar-refractivity contribution is 14.1. The van der Waals surface area contributed by atoms with Crippen LogP contribution >= 0.6 is 46.6 Å². The lowest BCUT2D eigenvalue weighted by atomic mass is 10.2. The first-order valence-electron chi connectivity index (χ1n) is 9.01. The van der Waals surface area contributed by atoms with Gasteiger partial charge in [-0.2, -0.15) is 0 Å². The molecule has 3 aromatic rings. The summed E-state index contributed by atoms with van der Waals surface area (Å²) in [7, 11) is 0. The molecule has 1 amide bonds. The van der Waals surface area contributed by atoms with E-state index in [2.05, 4.69) is 22.6 Å². The number of amides is 1. The molecule has 7 heteroatoms. The van der Waals surface area contributed by atoms with Gasteiger partial charge in [0.05, 0.1) is 14.2 Å². The molecule has 1 aliphatic rings. The van der Waals surface area contributed by atoms with Gasteiger partial charge in [-0.3, -0.25) is 9.69 Å². The fourth-order valence-electron chi connectivity index (χ4n) is 2.88. The van der Waals surface area contributed by atoms with Gasteiger partial charge in [0.1, 0.15) is 18.2 Å². The number of thiocarbonyl (C=S) groups is 1. The summed E-state index contributed by atoms with van der Waals surface area (Å²) in [4.78, 5) is 15.0. The van der Waals surface area contributed by atoms with Gasteiger partial charge in [0, 0.05) is 0 Å². The van der Waals surface area contributed by atoms with Crippen LogP contribution in [0, 0.1) is 9.39 Å². The predicted molar refractivity (Wildman–Crippen MR) is 132 cm³/mol. The number of rotatable bonds is 5. The number of carbonyl (C=O) groups is 1. The minimum absolute atomic E-state index is 0.122. The summed E-state index contributed by atoms with van der Waals surface area (Å²) in [5.41, 5.74) is 2.55. The zero-order valence-electron chi connectivity index (χ0n) is 15.5. The molecule has 0 bridgehead atoms. The Bertz CT molecular complexity index is 1130. The average Bonchev–Trinajstić information content (AvgIpc) is 3.02. The maximum absolute atomic E-state index is 13.0. The maximum atomic E-state index is 13.0. The number of halogens is 2. The van der Waals surface area contributed by atoms with Crippen LogP contribution in [0.15, 0.2) is 77.7 Å². The van der Waals surface area contributed by atoms with Crippen LogP contribution in [-0.4, -0.2) is 10.2 Å². The molecule has 4 rings (SSSR count). The van der Waals surface area contributed by atoms with Gasteiger partial charge >= 0.3 is 0 Å². The molecule has 0 radical (unpaired) electrons. The highest BCUT2D eigenvalue weighted by atomic mass is 127. The van der Waals surface area contributed by atoms with E-state index in [-0.39, 0.29) is 11.7 Å². The minimum Gasteiger partial charge on any atom is -0.488 e. The Balaban J connectivity index is 1.49. The highest BCUT2D eigenvalue weighted by Gasteiger charge is 2.33. The number of hydrogen-bond acceptors (Lipinski definition) is 4. The molecule has 0 aromatic heterocycles. The molecule has 1 heterocycles. The van der Waals surface area contributed by atoms with Crippen molar-refractivity contribution in [3.05, 3.63) is 98.2 Å². The van der Waals surface area contributed by atoms with Crippen LogP contribution < -0.4 is 9.64 Å². The van der Waals surface area contributed by atoms with Crippen molar-refractivity contribution in [2.24, 2.45) is 0 Å². The van der Waals surface area contributed by atoms with Crippen LogP contribution in [0.4, 0.5) is 10.1 Å². The third-order valence-corrected chi connectivity index (χ3v) is 6.51. The molecule has 3 nitrogen and oxygen atoms in total. The van der Waals surface area contributed by atoms with E-state index >= 15 is 0 Å². The van der Waals surface area contributed by atoms with E-state index in [0.29, 0.717) is 15.8 Å². The first kappa shape index (κ1) is 21.0. The number of ether oxygens (including phenoxy) is 1. The Morgan fingerprint density at radius 3 is 2.50 bits per heavy atom. The second kappa shape index (κ2) is 9.28. The van der Waals surface area contributed by atoms with Crippen LogP contribution in [0.2, 0.25) is 0 Å². The van der Waals surface area contributed by atoms with Crippen molar-refractivity contribution in [3.63, 3.8) is 0 Å². The molecule has 0 unspecified atom stereocenters. The van der Waals surface area contributed by atoms with Gasteiger partial charge in [-0.25, -0.2) is 4.39 Å². The molecule has 1 fully saturated rings. The van der Waals surface area contributed by atoms with E-state index in [0.717, 1.165) is 26.1 Å². The fourth-order valence-corrected chi connectivity index (χ4v) is 4.88. The zero-order chi connectivity index (χ0) is 21.1. The normalized spacial score (nSPS) is 15.1. The summed E-state index contributed by atoms with van der Waals surface area (Å²) < 4.78 is 20.3. The van der Waals surface area contributed by atoms with E-state index in [4.69, 9.17) is 17.0 Å². The van der Waals surface area contributed by atoms with Crippen molar-refractivity contribution in [1.82, 2.24) is 0 Å². The molecule has 0 saturated carbocycles.